The van der Waals surface area contributed by atoms with Crippen LogP contribution in [0.5, 0.6) is 0 Å². The van der Waals surface area contributed by atoms with E-state index in [1.54, 1.807) is 6.07 Å². The van der Waals surface area contributed by atoms with Crippen molar-refractivity contribution in [1.82, 2.24) is 4.57 Å². The van der Waals surface area contributed by atoms with Crippen LogP contribution in [0.4, 0.5) is 11.4 Å². The van der Waals surface area contributed by atoms with Gasteiger partial charge < -0.3 is 9.73 Å². The van der Waals surface area contributed by atoms with Gasteiger partial charge in [0.2, 0.25) is 5.91 Å². The Kier molecular flexibility index (Phi) is 5.13. The number of anilines is 1. The smallest absolute Gasteiger partial charge is 0.407 e. The van der Waals surface area contributed by atoms with E-state index in [4.69, 9.17) is 4.42 Å². The number of fused-ring (bicyclic) bond motifs is 1. The molecule has 1 aromatic heterocycles. The van der Waals surface area contributed by atoms with Crippen LogP contribution in [0.15, 0.2) is 82.0 Å². The van der Waals surface area contributed by atoms with Crippen molar-refractivity contribution in [2.24, 2.45) is 0 Å². The lowest BCUT2D eigenvalue weighted by Gasteiger charge is -2.11. The molecule has 0 fully saturated rings. The first-order valence-electron chi connectivity index (χ1n) is 9.21. The van der Waals surface area contributed by atoms with Crippen molar-refractivity contribution < 1.29 is 14.1 Å². The highest BCUT2D eigenvalue weighted by atomic mass is 16.6. The van der Waals surface area contributed by atoms with Gasteiger partial charge in [0.05, 0.1) is 16.5 Å². The molecule has 150 valence electrons. The Morgan fingerprint density at radius 1 is 1.03 bits per heavy atom. The van der Waals surface area contributed by atoms with Crippen molar-refractivity contribution in [3.8, 4) is 0 Å². The fraction of sp³-hybridized carbons (Fsp3) is 0.0909. The highest BCUT2D eigenvalue weighted by molar-refractivity contribution is 5.92. The van der Waals surface area contributed by atoms with Crippen molar-refractivity contribution in [3.63, 3.8) is 0 Å². The Balaban J connectivity index is 1.55. The number of carbonyl (C=O) groups excluding carboxylic acids is 1. The van der Waals surface area contributed by atoms with E-state index in [-0.39, 0.29) is 17.8 Å². The van der Waals surface area contributed by atoms with Gasteiger partial charge in [0, 0.05) is 11.8 Å². The number of nitrogens with one attached hydrogen (secondary N) is 1. The van der Waals surface area contributed by atoms with Gasteiger partial charge in [-0.25, -0.2) is 4.79 Å². The van der Waals surface area contributed by atoms with E-state index < -0.39 is 16.6 Å². The molecule has 8 nitrogen and oxygen atoms in total. The lowest BCUT2D eigenvalue weighted by atomic mass is 10.0. The molecule has 4 rings (SSSR count). The zero-order valence-corrected chi connectivity index (χ0v) is 15.8. The van der Waals surface area contributed by atoms with Crippen LogP contribution in [0.2, 0.25) is 0 Å². The van der Waals surface area contributed by atoms with Crippen LogP contribution in [0, 0.1) is 10.1 Å². The van der Waals surface area contributed by atoms with Crippen molar-refractivity contribution >= 4 is 28.4 Å². The van der Waals surface area contributed by atoms with Crippen molar-refractivity contribution in [2.75, 3.05) is 5.32 Å². The van der Waals surface area contributed by atoms with Crippen LogP contribution in [0.3, 0.4) is 0 Å². The topological polar surface area (TPSA) is 107 Å². The van der Waals surface area contributed by atoms with E-state index in [9.17, 15) is 19.7 Å². The molecule has 0 bridgehead atoms. The molecule has 1 amide bonds. The van der Waals surface area contributed by atoms with Gasteiger partial charge in [-0.15, -0.1) is 0 Å². The minimum Gasteiger partial charge on any atom is -0.407 e. The van der Waals surface area contributed by atoms with E-state index in [1.807, 2.05) is 48.5 Å². The quantitative estimate of drug-likeness (QED) is 0.390. The predicted molar refractivity (Wildman–Crippen MR) is 111 cm³/mol. The van der Waals surface area contributed by atoms with Crippen LogP contribution >= 0.6 is 0 Å². The molecule has 0 unspecified atom stereocenters. The van der Waals surface area contributed by atoms with E-state index >= 15 is 0 Å². The number of aromatic nitrogens is 1. The van der Waals surface area contributed by atoms with Gasteiger partial charge in [-0.2, -0.15) is 0 Å². The molecule has 30 heavy (non-hydrogen) atoms. The van der Waals surface area contributed by atoms with E-state index in [0.717, 1.165) is 15.7 Å². The van der Waals surface area contributed by atoms with Crippen molar-refractivity contribution in [1.29, 1.82) is 0 Å². The van der Waals surface area contributed by atoms with Gasteiger partial charge in [-0.05, 0) is 29.7 Å². The van der Waals surface area contributed by atoms with Crippen LogP contribution < -0.4 is 11.1 Å². The zero-order valence-electron chi connectivity index (χ0n) is 15.8. The van der Waals surface area contributed by atoms with E-state index in [0.29, 0.717) is 17.6 Å². The monoisotopic (exact) mass is 403 g/mol. The number of non-ortho nitro benzene ring substituents is 1. The number of carbonyl (C=O) groups is 1. The molecule has 3 aromatic carbocycles. The Labute approximate surface area is 170 Å². The van der Waals surface area contributed by atoms with Crippen LogP contribution in [0.1, 0.15) is 11.1 Å². The minimum absolute atomic E-state index is 0.0616. The first-order chi connectivity index (χ1) is 14.5. The summed E-state index contributed by atoms with van der Waals surface area (Å²) in [6.07, 6.45) is 0.648. The largest absolute Gasteiger partial charge is 0.420 e. The number of para-hydroxylation sites is 1. The van der Waals surface area contributed by atoms with Crippen molar-refractivity contribution in [3.05, 3.63) is 105 Å². The number of nitro groups is 1. The fourth-order valence-corrected chi connectivity index (χ4v) is 3.26. The number of rotatable bonds is 6. The number of benzene rings is 3. The molecule has 0 saturated heterocycles. The Bertz CT molecular complexity index is 1290. The summed E-state index contributed by atoms with van der Waals surface area (Å²) in [5.41, 5.74) is 2.89. The molecule has 0 saturated carbocycles. The fourth-order valence-electron chi connectivity index (χ4n) is 3.26. The van der Waals surface area contributed by atoms with Gasteiger partial charge >= 0.3 is 5.76 Å². The number of oxazole rings is 1. The first-order valence-corrected chi connectivity index (χ1v) is 9.21. The molecule has 1 heterocycles. The van der Waals surface area contributed by atoms with Gasteiger partial charge in [0.25, 0.3) is 5.69 Å². The maximum atomic E-state index is 12.6. The predicted octanol–water partition coefficient (Wildman–Crippen LogP) is 3.73. The average Bonchev–Trinajstić information content (AvgIpc) is 3.04. The summed E-state index contributed by atoms with van der Waals surface area (Å²) in [6.45, 7) is -0.274. The molecule has 0 aliphatic carbocycles. The molecule has 0 aliphatic rings. The third-order valence-electron chi connectivity index (χ3n) is 4.69. The molecule has 0 spiro atoms. The van der Waals surface area contributed by atoms with E-state index in [1.165, 1.54) is 18.2 Å². The normalized spacial score (nSPS) is 10.8. The second-order valence-electron chi connectivity index (χ2n) is 6.73. The summed E-state index contributed by atoms with van der Waals surface area (Å²) >= 11 is 0. The lowest BCUT2D eigenvalue weighted by molar-refractivity contribution is -0.384. The minimum atomic E-state index is -0.752. The molecule has 4 aromatic rings. The molecule has 0 aliphatic heterocycles. The second kappa shape index (κ2) is 8.04. The molecule has 0 atom stereocenters. The summed E-state index contributed by atoms with van der Waals surface area (Å²) < 4.78 is 6.21. The third kappa shape index (κ3) is 3.97. The standard InChI is InChI=1S/C22H17N3O5/c26-21(14-24-19-11-10-17(25(28)29)13-20(19)30-22(24)27)23-18-9-5-4-8-16(18)12-15-6-2-1-3-7-15/h1-11,13H,12,14H2,(H,23,26). The van der Waals surface area contributed by atoms with Gasteiger partial charge in [0.15, 0.2) is 5.58 Å². The third-order valence-corrected chi connectivity index (χ3v) is 4.69. The van der Waals surface area contributed by atoms with Crippen LogP contribution in [-0.4, -0.2) is 15.4 Å². The maximum absolute atomic E-state index is 12.6. The number of amides is 1. The van der Waals surface area contributed by atoms with Crippen LogP contribution in [-0.2, 0) is 17.8 Å². The van der Waals surface area contributed by atoms with E-state index in [2.05, 4.69) is 5.32 Å². The lowest BCUT2D eigenvalue weighted by Crippen LogP contribution is -2.25. The Morgan fingerprint density at radius 2 is 1.77 bits per heavy atom. The summed E-state index contributed by atoms with van der Waals surface area (Å²) in [7, 11) is 0. The van der Waals surface area contributed by atoms with Crippen molar-refractivity contribution in [2.45, 2.75) is 13.0 Å². The van der Waals surface area contributed by atoms with Gasteiger partial charge in [-0.1, -0.05) is 48.5 Å². The number of hydrogen-bond donors (Lipinski definition) is 1. The molecular weight excluding hydrogens is 386 g/mol. The first kappa shape index (κ1) is 19.1. The maximum Gasteiger partial charge on any atom is 0.420 e. The summed E-state index contributed by atoms with van der Waals surface area (Å²) in [5.74, 6) is -1.16. The summed E-state index contributed by atoms with van der Waals surface area (Å²) in [6, 6.07) is 21.2. The summed E-state index contributed by atoms with van der Waals surface area (Å²) in [5, 5.41) is 13.7. The second-order valence-corrected chi connectivity index (χ2v) is 6.73. The number of hydrogen-bond acceptors (Lipinski definition) is 5. The van der Waals surface area contributed by atoms with Crippen LogP contribution in [0.25, 0.3) is 11.1 Å². The molecule has 8 heteroatoms. The highest BCUT2D eigenvalue weighted by Gasteiger charge is 2.17. The highest BCUT2D eigenvalue weighted by Crippen LogP contribution is 2.21. The Morgan fingerprint density at radius 3 is 2.53 bits per heavy atom. The zero-order chi connectivity index (χ0) is 21.1. The number of nitrogens with zero attached hydrogens (tertiary/aromatic N) is 2. The number of nitro benzene ring substituents is 1. The average molecular weight is 403 g/mol. The molecule has 1 N–H and O–H groups in total. The summed E-state index contributed by atoms with van der Waals surface area (Å²) in [4.78, 5) is 35.1. The molecular formula is C22H17N3O5. The SMILES string of the molecule is O=C(Cn1c(=O)oc2cc([N+](=O)[O-])ccc21)Nc1ccccc1Cc1ccccc1. The van der Waals surface area contributed by atoms with Gasteiger partial charge in [0.1, 0.15) is 6.54 Å². The van der Waals surface area contributed by atoms with Gasteiger partial charge in [-0.3, -0.25) is 19.5 Å². The molecule has 0 radical (unpaired) electrons. The Hall–Kier alpha value is -4.20.